The van der Waals surface area contributed by atoms with Crippen molar-refractivity contribution in [3.63, 3.8) is 0 Å². The lowest BCUT2D eigenvalue weighted by Gasteiger charge is -2.19. The Labute approximate surface area is 165 Å². The van der Waals surface area contributed by atoms with Crippen molar-refractivity contribution in [2.45, 2.75) is 38.0 Å². The molecule has 1 aromatic rings. The Balaban J connectivity index is 2.02. The van der Waals surface area contributed by atoms with Gasteiger partial charge in [-0.1, -0.05) is 25.4 Å². The van der Waals surface area contributed by atoms with Gasteiger partial charge in [0.1, 0.15) is 0 Å². The third kappa shape index (κ3) is 5.21. The lowest BCUT2D eigenvalue weighted by molar-refractivity contribution is -0.127. The number of hydrogen-bond acceptors (Lipinski definition) is 4. The number of carbonyl (C=O) groups excluding carboxylic acids is 2. The van der Waals surface area contributed by atoms with Gasteiger partial charge in [0.15, 0.2) is 0 Å². The average Bonchev–Trinajstić information content (AvgIpc) is 3.04. The van der Waals surface area contributed by atoms with Gasteiger partial charge in [0.25, 0.3) is 5.91 Å². The number of halogens is 1. The molecule has 0 atom stereocenters. The molecule has 1 fully saturated rings. The summed E-state index contributed by atoms with van der Waals surface area (Å²) in [7, 11) is -3.67. The van der Waals surface area contributed by atoms with Crippen LogP contribution in [0.3, 0.4) is 0 Å². The zero-order valence-electron chi connectivity index (χ0n) is 15.7. The normalized spacial score (nSPS) is 14.8. The fourth-order valence-electron chi connectivity index (χ4n) is 3.06. The van der Waals surface area contributed by atoms with Crippen LogP contribution in [-0.2, 0) is 14.8 Å². The summed E-state index contributed by atoms with van der Waals surface area (Å²) in [6.45, 7) is 5.96. The summed E-state index contributed by atoms with van der Waals surface area (Å²) < 4.78 is 26.6. The molecule has 150 valence electrons. The summed E-state index contributed by atoms with van der Waals surface area (Å²) in [5.74, 6) is -0.275. The highest BCUT2D eigenvalue weighted by atomic mass is 35.5. The maximum atomic E-state index is 12.6. The van der Waals surface area contributed by atoms with Crippen molar-refractivity contribution in [3.05, 3.63) is 28.8 Å². The quantitative estimate of drug-likeness (QED) is 0.626. The summed E-state index contributed by atoms with van der Waals surface area (Å²) in [6.07, 6.45) is 2.11. The monoisotopic (exact) mass is 415 g/mol. The van der Waals surface area contributed by atoms with Gasteiger partial charge in [0.2, 0.25) is 15.9 Å². The van der Waals surface area contributed by atoms with Crippen LogP contribution >= 0.6 is 11.6 Å². The molecule has 1 aliphatic rings. The number of hydrogen-bond donors (Lipinski definition) is 1. The Hall–Kier alpha value is -1.64. The molecule has 0 aromatic heterocycles. The summed E-state index contributed by atoms with van der Waals surface area (Å²) >= 11 is 6.10. The Morgan fingerprint density at radius 3 is 2.59 bits per heavy atom. The number of likely N-dealkylation sites (tertiary alicyclic amines) is 1. The molecule has 0 bridgehead atoms. The van der Waals surface area contributed by atoms with Gasteiger partial charge in [0, 0.05) is 39.1 Å². The smallest absolute Gasteiger partial charge is 0.252 e. The van der Waals surface area contributed by atoms with E-state index in [1.807, 2.05) is 0 Å². The minimum absolute atomic E-state index is 0.0448. The van der Waals surface area contributed by atoms with E-state index in [0.717, 1.165) is 13.0 Å². The maximum absolute atomic E-state index is 12.6. The van der Waals surface area contributed by atoms with Crippen molar-refractivity contribution in [2.75, 3.05) is 32.7 Å². The third-order valence-corrected chi connectivity index (χ3v) is 6.96. The number of rotatable bonds is 9. The number of nitrogens with zero attached hydrogens (tertiary/aromatic N) is 2. The van der Waals surface area contributed by atoms with Gasteiger partial charge in [-0.25, -0.2) is 8.42 Å². The van der Waals surface area contributed by atoms with Gasteiger partial charge in [-0.05, 0) is 31.0 Å². The van der Waals surface area contributed by atoms with Gasteiger partial charge in [-0.3, -0.25) is 9.59 Å². The molecule has 0 unspecified atom stereocenters. The van der Waals surface area contributed by atoms with Crippen LogP contribution in [0.25, 0.3) is 0 Å². The van der Waals surface area contributed by atoms with E-state index in [-0.39, 0.29) is 21.4 Å². The van der Waals surface area contributed by atoms with Crippen molar-refractivity contribution in [3.8, 4) is 0 Å². The van der Waals surface area contributed by atoms with Crippen LogP contribution in [0.5, 0.6) is 0 Å². The zero-order valence-corrected chi connectivity index (χ0v) is 17.3. The molecule has 2 rings (SSSR count). The summed E-state index contributed by atoms with van der Waals surface area (Å²) in [5, 5.41) is 2.94. The number of benzene rings is 1. The standard InChI is InChI=1S/C18H26ClN3O4S/c1-3-22(4-2)27(25,26)14-8-9-16(19)15(13-14)18(24)20-10-6-12-21-11-5-7-17(21)23/h8-9,13H,3-7,10-12H2,1-2H3,(H,20,24). The average molecular weight is 416 g/mol. The first kappa shape index (κ1) is 21.7. The molecular weight excluding hydrogens is 390 g/mol. The van der Waals surface area contributed by atoms with Crippen molar-refractivity contribution in [2.24, 2.45) is 0 Å². The molecule has 1 N–H and O–H groups in total. The van der Waals surface area contributed by atoms with E-state index in [1.54, 1.807) is 18.7 Å². The molecule has 1 aromatic carbocycles. The van der Waals surface area contributed by atoms with Gasteiger partial charge < -0.3 is 10.2 Å². The fourth-order valence-corrected chi connectivity index (χ4v) is 4.75. The van der Waals surface area contributed by atoms with Crippen molar-refractivity contribution in [1.82, 2.24) is 14.5 Å². The van der Waals surface area contributed by atoms with E-state index in [1.165, 1.54) is 22.5 Å². The van der Waals surface area contributed by atoms with Crippen LogP contribution in [0.2, 0.25) is 5.02 Å². The van der Waals surface area contributed by atoms with Crippen LogP contribution in [0.15, 0.2) is 23.1 Å². The molecule has 0 aliphatic carbocycles. The molecule has 0 saturated carbocycles. The third-order valence-electron chi connectivity index (χ3n) is 4.59. The van der Waals surface area contributed by atoms with Crippen LogP contribution in [0.1, 0.15) is 43.5 Å². The molecule has 0 spiro atoms. The van der Waals surface area contributed by atoms with E-state index in [4.69, 9.17) is 11.6 Å². The summed E-state index contributed by atoms with van der Waals surface area (Å²) in [4.78, 5) is 25.8. The zero-order chi connectivity index (χ0) is 20.0. The van der Waals surface area contributed by atoms with Crippen LogP contribution in [0.4, 0.5) is 0 Å². The molecule has 1 aliphatic heterocycles. The van der Waals surface area contributed by atoms with E-state index < -0.39 is 15.9 Å². The largest absolute Gasteiger partial charge is 0.352 e. The second-order valence-electron chi connectivity index (χ2n) is 6.32. The summed E-state index contributed by atoms with van der Waals surface area (Å²) in [6, 6.07) is 4.15. The Kier molecular flexibility index (Phi) is 7.64. The molecule has 27 heavy (non-hydrogen) atoms. The predicted molar refractivity (Wildman–Crippen MR) is 104 cm³/mol. The predicted octanol–water partition coefficient (Wildman–Crippen LogP) is 2.11. The van der Waals surface area contributed by atoms with Gasteiger partial charge >= 0.3 is 0 Å². The summed E-state index contributed by atoms with van der Waals surface area (Å²) in [5.41, 5.74) is 0.127. The number of carbonyl (C=O) groups is 2. The van der Waals surface area contributed by atoms with Crippen LogP contribution in [0, 0.1) is 0 Å². The first-order chi connectivity index (χ1) is 12.8. The van der Waals surface area contributed by atoms with Gasteiger partial charge in [-0.2, -0.15) is 4.31 Å². The molecule has 7 nitrogen and oxygen atoms in total. The Bertz CT molecular complexity index is 794. The SMILES string of the molecule is CCN(CC)S(=O)(=O)c1ccc(Cl)c(C(=O)NCCCN2CCCC2=O)c1. The first-order valence-electron chi connectivity index (χ1n) is 9.17. The number of nitrogens with one attached hydrogen (secondary N) is 1. The van der Waals surface area contributed by atoms with Gasteiger partial charge in [0.05, 0.1) is 15.5 Å². The highest BCUT2D eigenvalue weighted by Gasteiger charge is 2.24. The van der Waals surface area contributed by atoms with E-state index in [9.17, 15) is 18.0 Å². The fraction of sp³-hybridized carbons (Fsp3) is 0.556. The number of amides is 2. The topological polar surface area (TPSA) is 86.8 Å². The van der Waals surface area contributed by atoms with E-state index >= 15 is 0 Å². The molecule has 1 heterocycles. The van der Waals surface area contributed by atoms with Gasteiger partial charge in [-0.15, -0.1) is 0 Å². The minimum atomic E-state index is -3.67. The number of sulfonamides is 1. The minimum Gasteiger partial charge on any atom is -0.352 e. The van der Waals surface area contributed by atoms with Crippen molar-refractivity contribution >= 4 is 33.4 Å². The highest BCUT2D eigenvalue weighted by molar-refractivity contribution is 7.89. The maximum Gasteiger partial charge on any atom is 0.252 e. The van der Waals surface area contributed by atoms with E-state index in [2.05, 4.69) is 5.32 Å². The highest BCUT2D eigenvalue weighted by Crippen LogP contribution is 2.23. The second kappa shape index (κ2) is 9.52. The molecule has 0 radical (unpaired) electrons. The first-order valence-corrected chi connectivity index (χ1v) is 11.0. The molecular formula is C18H26ClN3O4S. The van der Waals surface area contributed by atoms with Crippen molar-refractivity contribution < 1.29 is 18.0 Å². The van der Waals surface area contributed by atoms with Crippen LogP contribution in [-0.4, -0.2) is 62.2 Å². The Morgan fingerprint density at radius 2 is 2.00 bits per heavy atom. The Morgan fingerprint density at radius 1 is 1.30 bits per heavy atom. The van der Waals surface area contributed by atoms with E-state index in [0.29, 0.717) is 39.0 Å². The van der Waals surface area contributed by atoms with Crippen molar-refractivity contribution in [1.29, 1.82) is 0 Å². The van der Waals surface area contributed by atoms with Crippen LogP contribution < -0.4 is 5.32 Å². The lowest BCUT2D eigenvalue weighted by atomic mass is 10.2. The second-order valence-corrected chi connectivity index (χ2v) is 8.67. The molecule has 2 amide bonds. The molecule has 1 saturated heterocycles. The lowest BCUT2D eigenvalue weighted by Crippen LogP contribution is -2.32. The molecule has 9 heteroatoms.